The molecule has 8 bridgehead atoms. The van der Waals surface area contributed by atoms with Crippen molar-refractivity contribution in [2.45, 2.75) is 232 Å². The Labute approximate surface area is 529 Å². The fraction of sp³-hybridized carbons (Fsp3) is 0.522. The summed E-state index contributed by atoms with van der Waals surface area (Å²) < 4.78 is -0.461. The normalized spacial score (nSPS) is 15.0. The van der Waals surface area contributed by atoms with E-state index in [2.05, 4.69) is 209 Å². The molecule has 1 fully saturated rings. The van der Waals surface area contributed by atoms with Crippen LogP contribution in [-0.2, 0) is 0 Å². The maximum atomic E-state index is 9.94. The molecule has 0 aliphatic carbocycles. The van der Waals surface area contributed by atoms with Gasteiger partial charge in [0.05, 0.1) is 5.69 Å². The molecule has 0 atom stereocenters. The second-order valence-electron chi connectivity index (χ2n) is 29.5. The van der Waals surface area contributed by atoms with E-state index in [4.69, 9.17) is 29.9 Å². The van der Waals surface area contributed by atoms with Crippen molar-refractivity contribution < 1.29 is 5.11 Å². The Balaban J connectivity index is 1.39. The SMILES string of the molecule is CC(C)(C)Sc1cc2c(cc1SC(C)(C)C)-c1nc-2nc2[nH]c(nc3nc(nc4[nH]c(n1)c1cc(SC(C)(C)C)c(SC(C)(C)C)cc41)-c1cc(N4CCC(CCO)CC4)c(SC(C)(C)C)cc1-3)c1cc(SC(C)(C)C)c(SC(C)(C)C)cc21. The molecule has 4 aromatic carbocycles. The molecule has 10 nitrogen and oxygen atoms in total. The van der Waals surface area contributed by atoms with E-state index in [1.165, 1.54) is 40.0 Å². The Morgan fingerprint density at radius 3 is 0.893 bits per heavy atom. The molecular formula is C67H87N9OS7. The van der Waals surface area contributed by atoms with Crippen molar-refractivity contribution in [2.75, 3.05) is 24.6 Å². The van der Waals surface area contributed by atoms with E-state index >= 15 is 0 Å². The van der Waals surface area contributed by atoms with Gasteiger partial charge in [-0.15, -0.1) is 82.3 Å². The number of aromatic amines is 2. The van der Waals surface area contributed by atoms with Crippen molar-refractivity contribution in [3.05, 3.63) is 48.5 Å². The van der Waals surface area contributed by atoms with Crippen LogP contribution >= 0.6 is 82.3 Å². The quantitative estimate of drug-likeness (QED) is 0.112. The maximum Gasteiger partial charge on any atom is 0.164 e. The third-order valence-corrected chi connectivity index (χ3v) is 22.1. The Morgan fingerprint density at radius 1 is 0.369 bits per heavy atom. The molecule has 10 rings (SSSR count). The summed E-state index contributed by atoms with van der Waals surface area (Å²) in [5, 5.41) is 13.8. The molecule has 3 aliphatic rings. The van der Waals surface area contributed by atoms with Crippen LogP contribution in [0.5, 0.6) is 0 Å². The summed E-state index contributed by atoms with van der Waals surface area (Å²) in [5.41, 5.74) is 7.64. The van der Waals surface area contributed by atoms with Crippen molar-refractivity contribution in [3.8, 4) is 45.6 Å². The molecule has 17 heteroatoms. The number of thioether (sulfide) groups is 7. The molecule has 3 aliphatic heterocycles. The third-order valence-electron chi connectivity index (χ3n) is 13.5. The largest absolute Gasteiger partial charge is 0.396 e. The number of aromatic nitrogens is 8. The second kappa shape index (κ2) is 23.1. The summed E-state index contributed by atoms with van der Waals surface area (Å²) in [4.78, 5) is 52.4. The summed E-state index contributed by atoms with van der Waals surface area (Å²) in [6.07, 6.45) is 2.90. The molecular weight excluding hydrogens is 1170 g/mol. The number of hydrogen-bond acceptors (Lipinski definition) is 15. The first kappa shape index (κ1) is 63.5. The van der Waals surface area contributed by atoms with Gasteiger partial charge in [0.25, 0.3) is 0 Å². The van der Waals surface area contributed by atoms with Crippen LogP contribution in [-0.4, -0.2) is 97.9 Å². The summed E-state index contributed by atoms with van der Waals surface area (Å²) >= 11 is 13.2. The lowest BCUT2D eigenvalue weighted by atomic mass is 9.93. The first-order valence-electron chi connectivity index (χ1n) is 29.6. The van der Waals surface area contributed by atoms with Gasteiger partial charge in [0.1, 0.15) is 22.6 Å². The lowest BCUT2D eigenvalue weighted by molar-refractivity contribution is 0.240. The van der Waals surface area contributed by atoms with E-state index < -0.39 is 0 Å². The molecule has 0 amide bonds. The first-order valence-corrected chi connectivity index (χ1v) is 35.3. The zero-order valence-corrected chi connectivity index (χ0v) is 59.1. The van der Waals surface area contributed by atoms with Gasteiger partial charge in [-0.25, -0.2) is 29.9 Å². The van der Waals surface area contributed by atoms with Crippen LogP contribution < -0.4 is 4.90 Å². The molecule has 84 heavy (non-hydrogen) atoms. The van der Waals surface area contributed by atoms with Gasteiger partial charge in [-0.2, -0.15) is 0 Å². The number of rotatable bonds is 10. The van der Waals surface area contributed by atoms with Gasteiger partial charge >= 0.3 is 0 Å². The van der Waals surface area contributed by atoms with Crippen LogP contribution in [0.3, 0.4) is 0 Å². The van der Waals surface area contributed by atoms with Crippen LogP contribution in [0.4, 0.5) is 5.69 Å². The van der Waals surface area contributed by atoms with E-state index in [9.17, 15) is 5.11 Å². The number of fused-ring (bicyclic) bond motifs is 20. The van der Waals surface area contributed by atoms with E-state index in [-0.39, 0.29) is 39.8 Å². The topological polar surface area (TPSA) is 132 Å². The highest BCUT2D eigenvalue weighted by molar-refractivity contribution is 8.04. The predicted octanol–water partition coefficient (Wildman–Crippen LogP) is 20.7. The number of anilines is 1. The number of hydrogen-bond donors (Lipinski definition) is 3. The summed E-state index contributed by atoms with van der Waals surface area (Å²) in [5.74, 6) is 2.87. The minimum atomic E-state index is -0.0850. The van der Waals surface area contributed by atoms with Crippen LogP contribution in [0.1, 0.15) is 165 Å². The fourth-order valence-corrected chi connectivity index (χ4v) is 18.4. The van der Waals surface area contributed by atoms with E-state index in [0.717, 1.165) is 76.2 Å². The van der Waals surface area contributed by atoms with Crippen molar-refractivity contribution in [1.29, 1.82) is 0 Å². The van der Waals surface area contributed by atoms with Crippen molar-refractivity contribution in [1.82, 2.24) is 39.9 Å². The number of piperidine rings is 1. The summed E-state index contributed by atoms with van der Waals surface area (Å²) in [7, 11) is 0. The van der Waals surface area contributed by atoms with Gasteiger partial charge in [0.15, 0.2) is 23.3 Å². The van der Waals surface area contributed by atoms with Gasteiger partial charge in [-0.1, -0.05) is 145 Å². The molecule has 448 valence electrons. The molecule has 3 aromatic heterocycles. The standard InChI is InChI=1S/C67H87N9OS7/c1-61(2,3)78-46-29-38-37(28-45(46)76-25-22-36(23-26-76)24-27-77)53-68-54(38)70-56-41-32-49(81-64(10,11)12)50(82-65(13,14)15)33-42(41)58(72-56)74-60-44-35-52(84-67(19,20)21)51(83-66(16,17)18)34-43(44)59(75-60)73-57-40-31-48(80-63(7,8)9)47(79-62(4,5)6)30-39(40)55(69-53)71-57/h28-36,77H,22-27H2,1-21H3,(H2,68,69,70,71,72,73,74,75). The molecule has 1 saturated heterocycles. The molecule has 0 spiro atoms. The lowest BCUT2D eigenvalue weighted by Gasteiger charge is -2.35. The highest BCUT2D eigenvalue weighted by Crippen LogP contribution is 2.52. The maximum absolute atomic E-state index is 9.94. The van der Waals surface area contributed by atoms with E-state index in [0.29, 0.717) is 51.8 Å². The molecule has 6 heterocycles. The highest BCUT2D eigenvalue weighted by Gasteiger charge is 2.32. The molecule has 3 N–H and O–H groups in total. The number of benzene rings is 4. The molecule has 7 aromatic rings. The Hall–Kier alpha value is -3.55. The smallest absolute Gasteiger partial charge is 0.164 e. The molecule has 0 saturated carbocycles. The lowest BCUT2D eigenvalue weighted by Crippen LogP contribution is -2.34. The van der Waals surface area contributed by atoms with Gasteiger partial charge in [0, 0.05) is 131 Å². The van der Waals surface area contributed by atoms with Crippen molar-refractivity contribution in [2.24, 2.45) is 5.92 Å². The molecule has 0 unspecified atom stereocenters. The fourth-order valence-electron chi connectivity index (χ4n) is 10.6. The zero-order chi connectivity index (χ0) is 61.0. The predicted molar refractivity (Wildman–Crippen MR) is 372 cm³/mol. The van der Waals surface area contributed by atoms with Gasteiger partial charge in [0.2, 0.25) is 0 Å². The minimum Gasteiger partial charge on any atom is -0.396 e. The van der Waals surface area contributed by atoms with Gasteiger partial charge in [-0.3, -0.25) is 0 Å². The molecule has 0 radical (unpaired) electrons. The average molecular weight is 1260 g/mol. The van der Waals surface area contributed by atoms with E-state index in [1.54, 1.807) is 0 Å². The second-order valence-corrected chi connectivity index (χ2v) is 42.5. The number of nitrogens with one attached hydrogen (secondary N) is 2. The summed E-state index contributed by atoms with van der Waals surface area (Å²) in [6.45, 7) is 50.0. The van der Waals surface area contributed by atoms with Crippen LogP contribution in [0, 0.1) is 5.92 Å². The monoisotopic (exact) mass is 1260 g/mol. The number of nitrogens with zero attached hydrogens (tertiary/aromatic N) is 7. The third kappa shape index (κ3) is 15.1. The number of aliphatic hydroxyl groups is 1. The van der Waals surface area contributed by atoms with Crippen LogP contribution in [0.25, 0.3) is 89.7 Å². The van der Waals surface area contributed by atoms with Gasteiger partial charge < -0.3 is 20.0 Å². The Bertz CT molecular complexity index is 3840. The Kier molecular flexibility index (Phi) is 17.5. The first-order chi connectivity index (χ1) is 38.8. The average Bonchev–Trinajstić information content (AvgIpc) is 4.25. The van der Waals surface area contributed by atoms with Gasteiger partial charge in [-0.05, 0) is 73.7 Å². The van der Waals surface area contributed by atoms with Crippen molar-refractivity contribution in [3.63, 3.8) is 0 Å². The zero-order valence-electron chi connectivity index (χ0n) is 53.4. The highest BCUT2D eigenvalue weighted by atomic mass is 32.2. The van der Waals surface area contributed by atoms with Crippen molar-refractivity contribution >= 4 is 132 Å². The van der Waals surface area contributed by atoms with Crippen LogP contribution in [0.15, 0.2) is 82.8 Å². The summed E-state index contributed by atoms with van der Waals surface area (Å²) in [6, 6.07) is 18.6. The Morgan fingerprint density at radius 2 is 0.619 bits per heavy atom. The number of aliphatic hydroxyl groups excluding tert-OH is 1. The van der Waals surface area contributed by atoms with E-state index in [1.807, 2.05) is 82.3 Å². The van der Waals surface area contributed by atoms with Crippen LogP contribution in [0.2, 0.25) is 0 Å². The minimum absolute atomic E-state index is 0.0616. The number of H-pyrrole nitrogens is 2.